The van der Waals surface area contributed by atoms with Crippen molar-refractivity contribution >= 4 is 35.1 Å². The summed E-state index contributed by atoms with van der Waals surface area (Å²) in [5, 5.41) is 36.5. The Bertz CT molecular complexity index is 2010. The summed E-state index contributed by atoms with van der Waals surface area (Å²) in [5.41, 5.74) is 0.543. The molecule has 0 spiro atoms. The Morgan fingerprint density at radius 1 is 0.971 bits per heavy atom. The number of nitrogens with zero attached hydrogens (tertiary/aromatic N) is 3. The average molecular weight is 986 g/mol. The van der Waals surface area contributed by atoms with E-state index >= 15 is 0 Å². The molecule has 3 saturated heterocycles. The first kappa shape index (κ1) is 57.0. The number of ether oxygens (including phenoxy) is 8. The van der Waals surface area contributed by atoms with E-state index in [0.717, 1.165) is 22.8 Å². The SMILES string of the molecule is CCC(=O)O[C@@H]1CC(=O)OCCC(/C=C\Cc2ccnc3ccccc23)CN(C)C[C@H](O)[C@H](C)C[C@H](CC=O)[C@H](O[C@@H]2OC(C)[C@@H](O[C@H]3CC(C)(O)[C@@H](OC(=O)CC)C(C)O3)C(N(C)C)C2O)[C@H]1OC. The maximum Gasteiger partial charge on any atom is 0.309 e. The second-order valence-corrected chi connectivity index (χ2v) is 19.8. The summed E-state index contributed by atoms with van der Waals surface area (Å²) >= 11 is 0. The molecule has 0 radical (unpaired) electrons. The van der Waals surface area contributed by atoms with Gasteiger partial charge in [0, 0.05) is 57.5 Å². The molecule has 0 bridgehead atoms. The first-order chi connectivity index (χ1) is 33.3. The molecule has 6 unspecified atom stereocenters. The van der Waals surface area contributed by atoms with Crippen LogP contribution < -0.4 is 0 Å². The van der Waals surface area contributed by atoms with Gasteiger partial charge in [-0.25, -0.2) is 0 Å². The van der Waals surface area contributed by atoms with Gasteiger partial charge in [0.05, 0.1) is 49.0 Å². The Morgan fingerprint density at radius 3 is 2.36 bits per heavy atom. The van der Waals surface area contributed by atoms with Crippen LogP contribution >= 0.6 is 0 Å². The smallest absolute Gasteiger partial charge is 0.309 e. The van der Waals surface area contributed by atoms with E-state index in [-0.39, 0.29) is 44.6 Å². The lowest BCUT2D eigenvalue weighted by molar-refractivity contribution is -0.344. The summed E-state index contributed by atoms with van der Waals surface area (Å²) in [6.07, 6.45) is -3.78. The Balaban J connectivity index is 1.41. The lowest BCUT2D eigenvalue weighted by Gasteiger charge is -2.50. The van der Waals surface area contributed by atoms with Crippen LogP contribution in [-0.2, 0) is 63.5 Å². The van der Waals surface area contributed by atoms with E-state index in [2.05, 4.69) is 23.2 Å². The number of cyclic esters (lactones) is 1. The predicted molar refractivity (Wildman–Crippen MR) is 258 cm³/mol. The van der Waals surface area contributed by atoms with Crippen molar-refractivity contribution in [2.45, 2.75) is 172 Å². The van der Waals surface area contributed by atoms with Gasteiger partial charge in [-0.2, -0.15) is 0 Å². The number of pyridine rings is 1. The normalized spacial score (nSPS) is 35.6. The molecule has 5 rings (SSSR count). The molecule has 3 aliphatic heterocycles. The highest BCUT2D eigenvalue weighted by atomic mass is 16.7. The fourth-order valence-corrected chi connectivity index (χ4v) is 10.1. The number of likely N-dealkylation sites (N-methyl/N-ethyl adjacent to an activating group) is 2. The summed E-state index contributed by atoms with van der Waals surface area (Å²) in [7, 11) is 6.83. The van der Waals surface area contributed by atoms with Crippen molar-refractivity contribution in [3.63, 3.8) is 0 Å². The molecular formula is C52H79N3O15. The number of allylic oxidation sites excluding steroid dienone is 1. The molecule has 4 heterocycles. The minimum atomic E-state index is -1.50. The van der Waals surface area contributed by atoms with Crippen LogP contribution in [0.1, 0.15) is 92.1 Å². The third-order valence-corrected chi connectivity index (χ3v) is 13.9. The van der Waals surface area contributed by atoms with Crippen molar-refractivity contribution in [3.05, 3.63) is 54.2 Å². The predicted octanol–water partition coefficient (Wildman–Crippen LogP) is 4.16. The number of methoxy groups -OCH3 is 1. The number of para-hydroxylation sites is 1. The van der Waals surface area contributed by atoms with E-state index in [1.54, 1.807) is 59.8 Å². The van der Waals surface area contributed by atoms with Crippen molar-refractivity contribution in [3.8, 4) is 0 Å². The molecule has 2 aromatic rings. The van der Waals surface area contributed by atoms with Gasteiger partial charge in [-0.15, -0.1) is 0 Å². The Labute approximate surface area is 413 Å². The second-order valence-electron chi connectivity index (χ2n) is 19.8. The van der Waals surface area contributed by atoms with E-state index in [0.29, 0.717) is 25.9 Å². The first-order valence-corrected chi connectivity index (χ1v) is 24.9. The Kier molecular flexibility index (Phi) is 21.7. The summed E-state index contributed by atoms with van der Waals surface area (Å²) < 4.78 is 49.3. The van der Waals surface area contributed by atoms with Crippen LogP contribution in [0.2, 0.25) is 0 Å². The number of esters is 3. The van der Waals surface area contributed by atoms with Gasteiger partial charge >= 0.3 is 17.9 Å². The van der Waals surface area contributed by atoms with Gasteiger partial charge in [-0.1, -0.05) is 51.1 Å². The number of β-amino-alcohol motifs (C(OH)–C–C–N with tert-alkyl or cyclic N) is 1. The maximum atomic E-state index is 13.8. The molecule has 0 aliphatic carbocycles. The second kappa shape index (κ2) is 26.7. The van der Waals surface area contributed by atoms with Crippen LogP contribution in [-0.4, -0.2) is 181 Å². The largest absolute Gasteiger partial charge is 0.466 e. The lowest BCUT2D eigenvalue weighted by atomic mass is 9.82. The summed E-state index contributed by atoms with van der Waals surface area (Å²) in [6, 6.07) is 9.19. The molecule has 18 heteroatoms. The number of benzene rings is 1. The number of aldehydes is 1. The van der Waals surface area contributed by atoms with Gasteiger partial charge in [-0.05, 0) is 96.6 Å². The monoisotopic (exact) mass is 986 g/mol. The van der Waals surface area contributed by atoms with E-state index in [4.69, 9.17) is 37.9 Å². The summed E-state index contributed by atoms with van der Waals surface area (Å²) in [4.78, 5) is 60.0. The zero-order chi connectivity index (χ0) is 51.3. The first-order valence-electron chi connectivity index (χ1n) is 24.9. The average Bonchev–Trinajstić information content (AvgIpc) is 3.30. The van der Waals surface area contributed by atoms with Crippen LogP contribution in [0.4, 0.5) is 0 Å². The maximum absolute atomic E-state index is 13.8. The van der Waals surface area contributed by atoms with E-state index in [1.807, 2.05) is 43.1 Å². The highest BCUT2D eigenvalue weighted by Crippen LogP contribution is 2.38. The van der Waals surface area contributed by atoms with Gasteiger partial charge in [0.1, 0.15) is 36.3 Å². The minimum Gasteiger partial charge on any atom is -0.466 e. The molecule has 70 heavy (non-hydrogen) atoms. The Morgan fingerprint density at radius 2 is 1.69 bits per heavy atom. The number of hydrogen-bond acceptors (Lipinski definition) is 18. The van der Waals surface area contributed by atoms with Gasteiger partial charge in [0.25, 0.3) is 0 Å². The number of aromatic nitrogens is 1. The number of rotatable bonds is 15. The van der Waals surface area contributed by atoms with Crippen LogP contribution in [0.3, 0.4) is 0 Å². The highest BCUT2D eigenvalue weighted by molar-refractivity contribution is 5.82. The van der Waals surface area contributed by atoms with Crippen LogP contribution in [0.15, 0.2) is 48.7 Å². The van der Waals surface area contributed by atoms with Crippen molar-refractivity contribution < 1.29 is 72.4 Å². The van der Waals surface area contributed by atoms with Gasteiger partial charge < -0.3 is 67.8 Å². The van der Waals surface area contributed by atoms with Gasteiger partial charge in [-0.3, -0.25) is 19.4 Å². The summed E-state index contributed by atoms with van der Waals surface area (Å²) in [5.74, 6) is -2.89. The number of aliphatic hydroxyl groups excluding tert-OH is 2. The van der Waals surface area contributed by atoms with Crippen molar-refractivity contribution in [1.29, 1.82) is 0 Å². The quantitative estimate of drug-likeness (QED) is 0.0987. The van der Waals surface area contributed by atoms with Crippen molar-refractivity contribution in [1.82, 2.24) is 14.8 Å². The van der Waals surface area contributed by atoms with Crippen LogP contribution in [0.5, 0.6) is 0 Å². The van der Waals surface area contributed by atoms with E-state index in [9.17, 15) is 34.5 Å². The zero-order valence-electron chi connectivity index (χ0n) is 42.7. The molecule has 0 amide bonds. The third-order valence-electron chi connectivity index (χ3n) is 13.9. The van der Waals surface area contributed by atoms with Gasteiger partial charge in [0.2, 0.25) is 0 Å². The third kappa shape index (κ3) is 15.3. The lowest BCUT2D eigenvalue weighted by Crippen LogP contribution is -2.66. The van der Waals surface area contributed by atoms with E-state index in [1.165, 1.54) is 7.11 Å². The molecule has 1 aromatic heterocycles. The molecule has 18 nitrogen and oxygen atoms in total. The topological polar surface area (TPSA) is 222 Å². The molecule has 3 N–H and O–H groups in total. The number of carbonyl (C=O) groups is 4. The number of hydrogen-bond donors (Lipinski definition) is 3. The molecular weight excluding hydrogens is 907 g/mol. The molecule has 3 fully saturated rings. The number of fused-ring (bicyclic) bond motifs is 1. The fourth-order valence-electron chi connectivity index (χ4n) is 10.1. The van der Waals surface area contributed by atoms with Crippen molar-refractivity contribution in [2.75, 3.05) is 47.9 Å². The number of aliphatic hydroxyl groups is 3. The zero-order valence-corrected chi connectivity index (χ0v) is 42.7. The van der Waals surface area contributed by atoms with Crippen molar-refractivity contribution in [2.24, 2.45) is 17.8 Å². The van der Waals surface area contributed by atoms with Gasteiger partial charge in [0.15, 0.2) is 18.7 Å². The molecule has 0 saturated carbocycles. The van der Waals surface area contributed by atoms with Crippen LogP contribution in [0, 0.1) is 17.8 Å². The van der Waals surface area contributed by atoms with Crippen LogP contribution in [0.25, 0.3) is 10.9 Å². The Hall–Kier alpha value is -3.95. The number of carbonyl (C=O) groups excluding carboxylic acids is 4. The molecule has 392 valence electrons. The molecule has 1 aromatic carbocycles. The standard InChI is InChI=1S/C52H79N3O15/c1-11-41(58)67-40-27-43(60)64-25-22-34(16-15-17-35-20-23-53-38-19-14-13-18-37(35)38)29-55(9)30-39(57)31(3)26-36(21-24-56)48(49(40)63-10)70-51-46(61)45(54(7)8)47(32(4)66-51)69-44-28-52(6,62)50(33(5)65-44)68-42(59)12-2/h13-16,18-20,23-24,31-34,36,39-40,44-51,57,61-62H,11-12,17,21-22,25-30H2,1-10H3/b16-15-/t31-,32?,33?,34?,36+,39+,40-,44+,45?,46?,47-,48+,49+,50+,51+,52?/m1/s1. The van der Waals surface area contributed by atoms with E-state index < -0.39 is 115 Å². The highest BCUT2D eigenvalue weighted by Gasteiger charge is 2.53. The minimum absolute atomic E-state index is 0.0113. The molecule has 3 aliphatic rings. The molecule has 16 atom stereocenters. The fraction of sp³-hybridized carbons (Fsp3) is 0.712. The summed E-state index contributed by atoms with van der Waals surface area (Å²) in [6.45, 7) is 11.1.